The molecule has 1 N–H and O–H groups in total. The molecule has 0 bridgehead atoms. The Labute approximate surface area is 134 Å². The molecule has 2 aromatic heterocycles. The fourth-order valence-electron chi connectivity index (χ4n) is 2.38. The molecule has 1 atom stereocenters. The van der Waals surface area contributed by atoms with Crippen LogP contribution >= 0.6 is 0 Å². The van der Waals surface area contributed by atoms with Gasteiger partial charge in [-0.3, -0.25) is 9.48 Å². The first-order chi connectivity index (χ1) is 11.0. The summed E-state index contributed by atoms with van der Waals surface area (Å²) in [6.07, 6.45) is 1.01. The highest BCUT2D eigenvalue weighted by Gasteiger charge is 2.16. The molecule has 118 valence electrons. The van der Waals surface area contributed by atoms with Gasteiger partial charge in [0.05, 0.1) is 17.6 Å². The zero-order valence-corrected chi connectivity index (χ0v) is 13.3. The predicted octanol–water partition coefficient (Wildman–Crippen LogP) is 2.68. The zero-order valence-electron chi connectivity index (χ0n) is 13.3. The first-order valence-corrected chi connectivity index (χ1v) is 7.36. The van der Waals surface area contributed by atoms with Gasteiger partial charge in [-0.05, 0) is 32.0 Å². The number of carbonyl (C=O) groups is 1. The van der Waals surface area contributed by atoms with Crippen LogP contribution in [0, 0.1) is 6.92 Å². The van der Waals surface area contributed by atoms with Gasteiger partial charge in [-0.1, -0.05) is 18.2 Å². The number of anilines is 1. The Kier molecular flexibility index (Phi) is 3.97. The molecule has 3 aromatic rings. The lowest BCUT2D eigenvalue weighted by atomic mass is 10.2. The fourth-order valence-corrected chi connectivity index (χ4v) is 2.38. The predicted molar refractivity (Wildman–Crippen MR) is 88.4 cm³/mol. The maximum atomic E-state index is 12.3. The summed E-state index contributed by atoms with van der Waals surface area (Å²) in [7, 11) is 1.84. The fraction of sp³-hybridized carbons (Fsp3) is 0.235. The van der Waals surface area contributed by atoms with Crippen molar-refractivity contribution in [1.29, 1.82) is 0 Å². The van der Waals surface area contributed by atoms with Crippen molar-refractivity contribution in [2.45, 2.75) is 20.0 Å². The lowest BCUT2D eigenvalue weighted by molar-refractivity contribution is -0.122. The third-order valence-electron chi connectivity index (χ3n) is 3.56. The minimum atomic E-state index is -0.608. The number of hydrogen-bond acceptors (Lipinski definition) is 4. The number of benzene rings is 1. The van der Waals surface area contributed by atoms with E-state index in [-0.39, 0.29) is 5.91 Å². The molecule has 0 aliphatic heterocycles. The molecule has 2 heterocycles. The Morgan fingerprint density at radius 2 is 2.04 bits per heavy atom. The highest BCUT2D eigenvalue weighted by atomic mass is 16.5. The van der Waals surface area contributed by atoms with E-state index in [1.165, 1.54) is 0 Å². The van der Waals surface area contributed by atoms with Crippen LogP contribution in [0.5, 0.6) is 5.75 Å². The van der Waals surface area contributed by atoms with Crippen molar-refractivity contribution in [3.05, 3.63) is 48.3 Å². The van der Waals surface area contributed by atoms with E-state index in [1.54, 1.807) is 17.8 Å². The summed E-state index contributed by atoms with van der Waals surface area (Å²) in [6.45, 7) is 3.63. The van der Waals surface area contributed by atoms with Crippen molar-refractivity contribution >= 4 is 22.6 Å². The minimum Gasteiger partial charge on any atom is -0.481 e. The number of aryl methyl sites for hydroxylation is 2. The van der Waals surface area contributed by atoms with E-state index in [2.05, 4.69) is 15.4 Å². The Hall–Kier alpha value is -2.89. The lowest BCUT2D eigenvalue weighted by Gasteiger charge is -2.14. The van der Waals surface area contributed by atoms with Crippen LogP contribution < -0.4 is 10.1 Å². The van der Waals surface area contributed by atoms with Crippen LogP contribution in [0.1, 0.15) is 12.6 Å². The van der Waals surface area contributed by atoms with Crippen molar-refractivity contribution in [1.82, 2.24) is 14.8 Å². The average Bonchev–Trinajstić information content (AvgIpc) is 2.82. The molecule has 1 unspecified atom stereocenters. The summed E-state index contributed by atoms with van der Waals surface area (Å²) in [4.78, 5) is 16.6. The van der Waals surface area contributed by atoms with Gasteiger partial charge in [0.15, 0.2) is 11.8 Å². The maximum absolute atomic E-state index is 12.3. The molecule has 0 fully saturated rings. The van der Waals surface area contributed by atoms with E-state index < -0.39 is 6.10 Å². The van der Waals surface area contributed by atoms with Crippen molar-refractivity contribution in [3.63, 3.8) is 0 Å². The normalized spacial score (nSPS) is 12.1. The third-order valence-corrected chi connectivity index (χ3v) is 3.56. The number of rotatable bonds is 4. The molecule has 0 aliphatic carbocycles. The number of nitrogens with one attached hydrogen (secondary N) is 1. The zero-order chi connectivity index (χ0) is 16.4. The van der Waals surface area contributed by atoms with Gasteiger partial charge < -0.3 is 10.1 Å². The van der Waals surface area contributed by atoms with Crippen LogP contribution in [0.15, 0.2) is 42.6 Å². The first kappa shape index (κ1) is 15.0. The quantitative estimate of drug-likeness (QED) is 0.804. The number of para-hydroxylation sites is 1. The molecule has 3 rings (SSSR count). The molecule has 1 aromatic carbocycles. The molecular weight excluding hydrogens is 292 g/mol. The summed E-state index contributed by atoms with van der Waals surface area (Å²) in [5.74, 6) is 0.434. The largest absolute Gasteiger partial charge is 0.481 e. The molecule has 6 nitrogen and oxygen atoms in total. The Morgan fingerprint density at radius 1 is 1.30 bits per heavy atom. The Balaban J connectivity index is 1.73. The van der Waals surface area contributed by atoms with Crippen molar-refractivity contribution < 1.29 is 9.53 Å². The van der Waals surface area contributed by atoms with Gasteiger partial charge >= 0.3 is 0 Å². The molecular formula is C17H18N4O2. The minimum absolute atomic E-state index is 0.225. The van der Waals surface area contributed by atoms with E-state index in [1.807, 2.05) is 50.4 Å². The number of fused-ring (bicyclic) bond motifs is 1. The van der Waals surface area contributed by atoms with Crippen molar-refractivity contribution in [3.8, 4) is 5.75 Å². The van der Waals surface area contributed by atoms with Gasteiger partial charge in [-0.25, -0.2) is 4.98 Å². The number of nitrogens with zero attached hydrogens (tertiary/aromatic N) is 3. The molecule has 0 aliphatic rings. The van der Waals surface area contributed by atoms with Crippen LogP contribution in [0.3, 0.4) is 0 Å². The van der Waals surface area contributed by atoms with Gasteiger partial charge in [0.25, 0.3) is 5.91 Å². The van der Waals surface area contributed by atoms with Gasteiger partial charge in [-0.15, -0.1) is 0 Å². The SMILES string of the molecule is Cc1nn(C)c2ncc(NC(=O)C(C)Oc3ccccc3)cc12. The second-order valence-electron chi connectivity index (χ2n) is 5.37. The maximum Gasteiger partial charge on any atom is 0.265 e. The summed E-state index contributed by atoms with van der Waals surface area (Å²) in [5.41, 5.74) is 2.29. The van der Waals surface area contributed by atoms with Gasteiger partial charge in [-0.2, -0.15) is 5.10 Å². The molecule has 0 saturated heterocycles. The number of carbonyl (C=O) groups excluding carboxylic acids is 1. The highest BCUT2D eigenvalue weighted by Crippen LogP contribution is 2.19. The molecule has 0 spiro atoms. The van der Waals surface area contributed by atoms with Gasteiger partial charge in [0.1, 0.15) is 5.75 Å². The first-order valence-electron chi connectivity index (χ1n) is 7.36. The number of ether oxygens (including phenoxy) is 1. The highest BCUT2D eigenvalue weighted by molar-refractivity contribution is 5.95. The molecule has 6 heteroatoms. The van der Waals surface area contributed by atoms with Crippen LogP contribution in [0.2, 0.25) is 0 Å². The van der Waals surface area contributed by atoms with E-state index >= 15 is 0 Å². The van der Waals surface area contributed by atoms with Gasteiger partial charge in [0, 0.05) is 12.4 Å². The van der Waals surface area contributed by atoms with E-state index in [9.17, 15) is 4.79 Å². The van der Waals surface area contributed by atoms with Crippen LogP contribution in [0.4, 0.5) is 5.69 Å². The molecule has 23 heavy (non-hydrogen) atoms. The number of pyridine rings is 1. The summed E-state index contributed by atoms with van der Waals surface area (Å²) in [6, 6.07) is 11.1. The van der Waals surface area contributed by atoms with Crippen molar-refractivity contribution in [2.24, 2.45) is 7.05 Å². The van der Waals surface area contributed by atoms with Crippen LogP contribution in [-0.2, 0) is 11.8 Å². The van der Waals surface area contributed by atoms with Crippen LogP contribution in [-0.4, -0.2) is 26.8 Å². The number of aromatic nitrogens is 3. The second-order valence-corrected chi connectivity index (χ2v) is 5.37. The topological polar surface area (TPSA) is 69.0 Å². The average molecular weight is 310 g/mol. The van der Waals surface area contributed by atoms with Crippen molar-refractivity contribution in [2.75, 3.05) is 5.32 Å². The summed E-state index contributed by atoms with van der Waals surface area (Å²) in [5, 5.41) is 8.06. The summed E-state index contributed by atoms with van der Waals surface area (Å²) >= 11 is 0. The summed E-state index contributed by atoms with van der Waals surface area (Å²) < 4.78 is 7.33. The van der Waals surface area contributed by atoms with E-state index in [4.69, 9.17) is 4.74 Å². The molecule has 1 amide bonds. The molecule has 0 radical (unpaired) electrons. The smallest absolute Gasteiger partial charge is 0.265 e. The van der Waals surface area contributed by atoms with E-state index in [0.29, 0.717) is 11.4 Å². The third kappa shape index (κ3) is 3.15. The number of amides is 1. The Bertz CT molecular complexity index is 842. The second kappa shape index (κ2) is 6.08. The monoisotopic (exact) mass is 310 g/mol. The van der Waals surface area contributed by atoms with Crippen LogP contribution in [0.25, 0.3) is 11.0 Å². The lowest BCUT2D eigenvalue weighted by Crippen LogP contribution is -2.30. The standard InChI is InChI=1S/C17H18N4O2/c1-11-15-9-13(10-18-16(15)21(3)20-11)19-17(22)12(2)23-14-7-5-4-6-8-14/h4-10,12H,1-3H3,(H,19,22). The van der Waals surface area contributed by atoms with Gasteiger partial charge in [0.2, 0.25) is 0 Å². The number of hydrogen-bond donors (Lipinski definition) is 1. The van der Waals surface area contributed by atoms with E-state index in [0.717, 1.165) is 16.7 Å². The molecule has 0 saturated carbocycles. The Morgan fingerprint density at radius 3 is 2.78 bits per heavy atom.